The zero-order chi connectivity index (χ0) is 33.1. The summed E-state index contributed by atoms with van der Waals surface area (Å²) >= 11 is 5.99. The van der Waals surface area contributed by atoms with Crippen molar-refractivity contribution in [3.05, 3.63) is 87.9 Å². The summed E-state index contributed by atoms with van der Waals surface area (Å²) < 4.78 is 5.34. The van der Waals surface area contributed by atoms with E-state index in [0.717, 1.165) is 22.5 Å². The molecular formula is C31H34ClN7O6. The van der Waals surface area contributed by atoms with Gasteiger partial charge in [0.25, 0.3) is 11.8 Å². The van der Waals surface area contributed by atoms with Crippen molar-refractivity contribution in [2.45, 2.75) is 13.8 Å². The average molecular weight is 636 g/mol. The van der Waals surface area contributed by atoms with Crippen LogP contribution in [0.15, 0.2) is 65.7 Å². The van der Waals surface area contributed by atoms with Crippen LogP contribution in [0, 0.1) is 10.8 Å². The van der Waals surface area contributed by atoms with E-state index in [1.165, 1.54) is 32.2 Å². The molecule has 13 nitrogen and oxygen atoms in total. The lowest BCUT2D eigenvalue weighted by Crippen LogP contribution is -2.35. The van der Waals surface area contributed by atoms with Crippen LogP contribution in [-0.2, 0) is 9.63 Å². The summed E-state index contributed by atoms with van der Waals surface area (Å²) in [7, 11) is 2.88. The molecule has 0 aromatic heterocycles. The van der Waals surface area contributed by atoms with Crippen molar-refractivity contribution in [3.63, 3.8) is 0 Å². The lowest BCUT2D eigenvalue weighted by atomic mass is 9.99. The van der Waals surface area contributed by atoms with Crippen molar-refractivity contribution in [3.8, 4) is 11.5 Å². The number of phenols is 1. The lowest BCUT2D eigenvalue weighted by Gasteiger charge is -2.24. The molecule has 45 heavy (non-hydrogen) atoms. The van der Waals surface area contributed by atoms with Crippen molar-refractivity contribution in [1.82, 2.24) is 16.1 Å². The fourth-order valence-electron chi connectivity index (χ4n) is 4.25. The number of aromatic hydroxyl groups is 1. The number of hydrogen-bond acceptors (Lipinski definition) is 9. The number of phenolic OH excluding ortho intramolecular Hbond substituents is 1. The van der Waals surface area contributed by atoms with E-state index in [1.807, 2.05) is 42.5 Å². The van der Waals surface area contributed by atoms with Gasteiger partial charge in [-0.25, -0.2) is 5.48 Å². The number of benzene rings is 3. The summed E-state index contributed by atoms with van der Waals surface area (Å²) in [4.78, 5) is 44.6. The number of methoxy groups -OCH3 is 1. The highest BCUT2D eigenvalue weighted by Crippen LogP contribution is 2.31. The molecule has 0 fully saturated rings. The van der Waals surface area contributed by atoms with Crippen molar-refractivity contribution >= 4 is 52.4 Å². The van der Waals surface area contributed by atoms with Crippen LogP contribution in [0.2, 0.25) is 5.02 Å². The van der Waals surface area contributed by atoms with E-state index < -0.39 is 11.8 Å². The molecule has 6 N–H and O–H groups in total. The number of nitrogens with zero attached hydrogens (tertiary/aromatic N) is 2. The Hall–Kier alpha value is -5.27. The first-order chi connectivity index (χ1) is 21.5. The van der Waals surface area contributed by atoms with E-state index in [-0.39, 0.29) is 47.5 Å². The third kappa shape index (κ3) is 9.11. The van der Waals surface area contributed by atoms with E-state index >= 15 is 0 Å². The van der Waals surface area contributed by atoms with E-state index in [4.69, 9.17) is 27.2 Å². The predicted octanol–water partition coefficient (Wildman–Crippen LogP) is 3.53. The summed E-state index contributed by atoms with van der Waals surface area (Å²) in [5, 5.41) is 31.8. The SMILES string of the molecule is CONC(=O)c1ccc(C(=O)NCCNC(C)=O)cc1O.COc1ccc2c(c1)C(c1ccc(Cl)cc1)=NCC(=N)N2C(C)=N. The molecule has 3 aromatic carbocycles. The monoisotopic (exact) mass is 635 g/mol. The fourth-order valence-corrected chi connectivity index (χ4v) is 4.37. The van der Waals surface area contributed by atoms with Gasteiger partial charge in [0, 0.05) is 41.7 Å². The second-order valence-corrected chi connectivity index (χ2v) is 9.96. The van der Waals surface area contributed by atoms with Crippen LogP contribution in [-0.4, -0.2) is 74.1 Å². The van der Waals surface area contributed by atoms with E-state index in [1.54, 1.807) is 18.9 Å². The van der Waals surface area contributed by atoms with Gasteiger partial charge in [0.05, 0.1) is 37.7 Å². The number of hydroxylamine groups is 1. The van der Waals surface area contributed by atoms with E-state index in [0.29, 0.717) is 17.3 Å². The van der Waals surface area contributed by atoms with E-state index in [2.05, 4.69) is 25.9 Å². The number of amides is 3. The Bertz CT molecular complexity index is 1630. The Morgan fingerprint density at radius 1 is 0.978 bits per heavy atom. The molecular weight excluding hydrogens is 602 g/mol. The van der Waals surface area contributed by atoms with Gasteiger partial charge in [-0.3, -0.25) is 39.9 Å². The lowest BCUT2D eigenvalue weighted by molar-refractivity contribution is -0.118. The molecule has 0 atom stereocenters. The number of rotatable bonds is 8. The molecule has 236 valence electrons. The highest BCUT2D eigenvalue weighted by molar-refractivity contribution is 6.31. The third-order valence-electron chi connectivity index (χ3n) is 6.29. The van der Waals surface area contributed by atoms with Gasteiger partial charge < -0.3 is 20.5 Å². The van der Waals surface area contributed by atoms with Gasteiger partial charge in [-0.1, -0.05) is 23.7 Å². The van der Waals surface area contributed by atoms with Crippen molar-refractivity contribution in [2.75, 3.05) is 38.8 Å². The first-order valence-corrected chi connectivity index (χ1v) is 13.9. The van der Waals surface area contributed by atoms with Crippen LogP contribution in [0.3, 0.4) is 0 Å². The predicted molar refractivity (Wildman–Crippen MR) is 172 cm³/mol. The second kappa shape index (κ2) is 16.0. The molecule has 0 radical (unpaired) electrons. The summed E-state index contributed by atoms with van der Waals surface area (Å²) in [5.41, 5.74) is 5.50. The molecule has 3 aromatic rings. The van der Waals surface area contributed by atoms with Crippen LogP contribution >= 0.6 is 11.6 Å². The molecule has 1 aliphatic rings. The zero-order valence-corrected chi connectivity index (χ0v) is 25.9. The molecule has 0 spiro atoms. The standard InChI is InChI=1S/C18H17ClN4O.C13H17N3O5/c1-11(20)23-16-8-7-14(24-2)9-15(16)18(22-10-17(23)21)12-3-5-13(19)6-4-12;1-8(17)14-5-6-15-12(19)9-3-4-10(11(18)7-9)13(20)16-21-2/h3-9,20-21H,10H2,1-2H3;3-4,7,18H,5-6H2,1-2H3,(H,14,17)(H,15,19)(H,16,20). The number of amidine groups is 2. The number of halogens is 1. The Kier molecular flexibility index (Phi) is 12.2. The minimum absolute atomic E-state index is 0.00773. The van der Waals surface area contributed by atoms with Crippen LogP contribution in [0.1, 0.15) is 45.7 Å². The molecule has 14 heteroatoms. The summed E-state index contributed by atoms with van der Waals surface area (Å²) in [6, 6.07) is 16.9. The number of hydrogen-bond donors (Lipinski definition) is 6. The smallest absolute Gasteiger partial charge is 0.278 e. The van der Waals surface area contributed by atoms with Gasteiger partial charge >= 0.3 is 0 Å². The van der Waals surface area contributed by atoms with E-state index in [9.17, 15) is 19.5 Å². The molecule has 0 unspecified atom stereocenters. The van der Waals surface area contributed by atoms with Gasteiger partial charge in [-0.05, 0) is 55.5 Å². The number of benzodiazepines with no additional fused rings is 1. The number of aliphatic imine (C=N–C) groups is 1. The maximum atomic E-state index is 11.8. The molecule has 0 saturated heterocycles. The molecule has 1 heterocycles. The summed E-state index contributed by atoms with van der Waals surface area (Å²) in [6.07, 6.45) is 0. The average Bonchev–Trinajstić information content (AvgIpc) is 3.15. The highest BCUT2D eigenvalue weighted by atomic mass is 35.5. The molecule has 0 aliphatic carbocycles. The highest BCUT2D eigenvalue weighted by Gasteiger charge is 2.25. The quantitative estimate of drug-likeness (QED) is 0.0944. The number of carbonyl (C=O) groups is 3. The van der Waals surface area contributed by atoms with Crippen LogP contribution in [0.25, 0.3) is 0 Å². The minimum atomic E-state index is -0.618. The van der Waals surface area contributed by atoms with Gasteiger partial charge in [0.1, 0.15) is 23.2 Å². The van der Waals surface area contributed by atoms with Crippen LogP contribution in [0.5, 0.6) is 11.5 Å². The van der Waals surface area contributed by atoms with Crippen molar-refractivity contribution in [1.29, 1.82) is 10.8 Å². The van der Waals surface area contributed by atoms with Gasteiger partial charge in [0.2, 0.25) is 5.91 Å². The molecule has 0 saturated carbocycles. The number of ether oxygens (including phenoxy) is 1. The van der Waals surface area contributed by atoms with Gasteiger partial charge in [-0.15, -0.1) is 0 Å². The number of nitrogens with one attached hydrogen (secondary N) is 5. The largest absolute Gasteiger partial charge is 0.507 e. The Balaban J connectivity index is 0.000000248. The maximum Gasteiger partial charge on any atom is 0.278 e. The van der Waals surface area contributed by atoms with Gasteiger partial charge in [-0.2, -0.15) is 0 Å². The minimum Gasteiger partial charge on any atom is -0.507 e. The zero-order valence-electron chi connectivity index (χ0n) is 25.2. The summed E-state index contributed by atoms with van der Waals surface area (Å²) in [6.45, 7) is 3.80. The van der Waals surface area contributed by atoms with Crippen molar-refractivity contribution in [2.24, 2.45) is 4.99 Å². The normalized spacial score (nSPS) is 12.0. The van der Waals surface area contributed by atoms with Crippen LogP contribution < -0.4 is 25.8 Å². The molecule has 1 aliphatic heterocycles. The number of fused-ring (bicyclic) bond motifs is 1. The summed E-state index contributed by atoms with van der Waals surface area (Å²) in [5.74, 6) is -0.320. The maximum absolute atomic E-state index is 11.8. The molecule has 4 rings (SSSR count). The first kappa shape index (κ1) is 34.2. The number of carbonyl (C=O) groups excluding carboxylic acids is 3. The van der Waals surface area contributed by atoms with Gasteiger partial charge in [0.15, 0.2) is 0 Å². The Morgan fingerprint density at radius 3 is 2.27 bits per heavy atom. The Labute approximate surface area is 265 Å². The topological polar surface area (TPSA) is 189 Å². The second-order valence-electron chi connectivity index (χ2n) is 9.53. The van der Waals surface area contributed by atoms with Crippen molar-refractivity contribution < 1.29 is 29.1 Å². The van der Waals surface area contributed by atoms with Crippen LogP contribution in [0.4, 0.5) is 5.69 Å². The third-order valence-corrected chi connectivity index (χ3v) is 6.55. The molecule has 3 amide bonds. The number of anilines is 1. The Morgan fingerprint density at radius 2 is 1.67 bits per heavy atom. The first-order valence-electron chi connectivity index (χ1n) is 13.6. The molecule has 0 bridgehead atoms. The fraction of sp³-hybridized carbons (Fsp3) is 0.226.